The van der Waals surface area contributed by atoms with Gasteiger partial charge in [-0.05, 0) is 31.2 Å². The summed E-state index contributed by atoms with van der Waals surface area (Å²) in [6.07, 6.45) is 0.0948. The maximum Gasteiger partial charge on any atom is 0.323 e. The Morgan fingerprint density at radius 1 is 1.36 bits per heavy atom. The minimum absolute atomic E-state index is 0.0948. The Hall–Kier alpha value is -2.08. The molecule has 0 aromatic heterocycles. The van der Waals surface area contributed by atoms with Crippen LogP contribution in [0.4, 0.5) is 5.69 Å². The Morgan fingerprint density at radius 3 is 2.55 bits per heavy atom. The van der Waals surface area contributed by atoms with Crippen molar-refractivity contribution in [2.24, 2.45) is 5.92 Å². The fourth-order valence-corrected chi connectivity index (χ4v) is 2.64. The molecule has 1 aliphatic heterocycles. The lowest BCUT2D eigenvalue weighted by atomic mass is 10.1. The molecule has 1 atom stereocenters. The van der Waals surface area contributed by atoms with Gasteiger partial charge in [-0.3, -0.25) is 14.4 Å². The molecule has 6 nitrogen and oxygen atoms in total. The first kappa shape index (κ1) is 16.3. The maximum atomic E-state index is 12.4. The van der Waals surface area contributed by atoms with Gasteiger partial charge in [0, 0.05) is 30.2 Å². The highest BCUT2D eigenvalue weighted by Crippen LogP contribution is 2.27. The Labute approximate surface area is 133 Å². The van der Waals surface area contributed by atoms with Gasteiger partial charge in [0.05, 0.1) is 5.92 Å². The van der Waals surface area contributed by atoms with E-state index in [1.165, 1.54) is 9.80 Å². The molecule has 0 aliphatic carbocycles. The molecule has 1 N–H and O–H groups in total. The lowest BCUT2D eigenvalue weighted by Crippen LogP contribution is -2.40. The van der Waals surface area contributed by atoms with E-state index in [0.29, 0.717) is 17.3 Å². The number of carboxylic acids is 1. The normalized spacial score (nSPS) is 17.6. The SMILES string of the molecule is CCN(CC(=O)O)C(=O)C1CC(=O)N(c2ccc(Cl)cc2)C1. The van der Waals surface area contributed by atoms with Gasteiger partial charge < -0.3 is 14.9 Å². The largest absolute Gasteiger partial charge is 0.480 e. The van der Waals surface area contributed by atoms with Crippen LogP contribution in [-0.4, -0.2) is 47.4 Å². The van der Waals surface area contributed by atoms with Gasteiger partial charge in [-0.2, -0.15) is 0 Å². The van der Waals surface area contributed by atoms with Crippen LogP contribution >= 0.6 is 11.6 Å². The first-order chi connectivity index (χ1) is 10.4. The van der Waals surface area contributed by atoms with Crippen LogP contribution in [0.1, 0.15) is 13.3 Å². The van der Waals surface area contributed by atoms with Gasteiger partial charge in [0.25, 0.3) is 0 Å². The number of likely N-dealkylation sites (N-methyl/N-ethyl adjacent to an activating group) is 1. The summed E-state index contributed by atoms with van der Waals surface area (Å²) in [7, 11) is 0. The summed E-state index contributed by atoms with van der Waals surface area (Å²) in [4.78, 5) is 38.0. The van der Waals surface area contributed by atoms with Gasteiger partial charge >= 0.3 is 5.97 Å². The molecule has 118 valence electrons. The Kier molecular flexibility index (Phi) is 5.03. The van der Waals surface area contributed by atoms with E-state index in [4.69, 9.17) is 16.7 Å². The first-order valence-electron chi connectivity index (χ1n) is 6.99. The van der Waals surface area contributed by atoms with Gasteiger partial charge in [0.1, 0.15) is 6.54 Å². The summed E-state index contributed by atoms with van der Waals surface area (Å²) in [5.41, 5.74) is 0.686. The molecule has 1 fully saturated rings. The van der Waals surface area contributed by atoms with Crippen molar-refractivity contribution in [1.82, 2.24) is 4.90 Å². The fourth-order valence-electron chi connectivity index (χ4n) is 2.51. The van der Waals surface area contributed by atoms with Crippen LogP contribution in [-0.2, 0) is 14.4 Å². The van der Waals surface area contributed by atoms with Crippen LogP contribution in [0.15, 0.2) is 24.3 Å². The predicted octanol–water partition coefficient (Wildman–Crippen LogP) is 1.63. The van der Waals surface area contributed by atoms with Crippen molar-refractivity contribution in [1.29, 1.82) is 0 Å². The molecule has 1 aromatic carbocycles. The molecular weight excluding hydrogens is 308 g/mol. The molecular formula is C15H17ClN2O4. The zero-order chi connectivity index (χ0) is 16.3. The summed E-state index contributed by atoms with van der Waals surface area (Å²) in [5.74, 6) is -2.02. The Balaban J connectivity index is 2.09. The minimum Gasteiger partial charge on any atom is -0.480 e. The number of carbonyl (C=O) groups excluding carboxylic acids is 2. The Bertz CT molecular complexity index is 588. The van der Waals surface area contributed by atoms with Crippen molar-refractivity contribution in [3.8, 4) is 0 Å². The van der Waals surface area contributed by atoms with Gasteiger partial charge in [-0.1, -0.05) is 11.6 Å². The van der Waals surface area contributed by atoms with Crippen molar-refractivity contribution in [2.45, 2.75) is 13.3 Å². The van der Waals surface area contributed by atoms with E-state index in [1.807, 2.05) is 0 Å². The molecule has 0 saturated carbocycles. The molecule has 7 heteroatoms. The molecule has 1 unspecified atom stereocenters. The number of benzene rings is 1. The van der Waals surface area contributed by atoms with Crippen LogP contribution in [0.5, 0.6) is 0 Å². The number of amides is 2. The van der Waals surface area contributed by atoms with Gasteiger partial charge in [0.2, 0.25) is 11.8 Å². The quantitative estimate of drug-likeness (QED) is 0.893. The molecule has 0 radical (unpaired) electrons. The molecule has 22 heavy (non-hydrogen) atoms. The summed E-state index contributed by atoms with van der Waals surface area (Å²) in [6, 6.07) is 6.81. The average molecular weight is 325 g/mol. The molecule has 1 heterocycles. The van der Waals surface area contributed by atoms with Crippen LogP contribution in [0.25, 0.3) is 0 Å². The van der Waals surface area contributed by atoms with Gasteiger partial charge in [-0.15, -0.1) is 0 Å². The van der Waals surface area contributed by atoms with E-state index in [0.717, 1.165) is 0 Å². The average Bonchev–Trinajstić information content (AvgIpc) is 2.86. The number of anilines is 1. The third kappa shape index (κ3) is 3.57. The number of carboxylic acid groups (broad SMARTS) is 1. The lowest BCUT2D eigenvalue weighted by Gasteiger charge is -2.22. The minimum atomic E-state index is -1.06. The number of hydrogen-bond acceptors (Lipinski definition) is 3. The Morgan fingerprint density at radius 2 is 2.00 bits per heavy atom. The van der Waals surface area contributed by atoms with E-state index in [2.05, 4.69) is 0 Å². The molecule has 1 saturated heterocycles. The van der Waals surface area contributed by atoms with E-state index in [1.54, 1.807) is 31.2 Å². The van der Waals surface area contributed by atoms with Crippen molar-refractivity contribution in [2.75, 3.05) is 24.5 Å². The second-order valence-electron chi connectivity index (χ2n) is 5.13. The zero-order valence-corrected chi connectivity index (χ0v) is 12.9. The monoisotopic (exact) mass is 324 g/mol. The van der Waals surface area contributed by atoms with E-state index in [9.17, 15) is 14.4 Å². The fraction of sp³-hybridized carbons (Fsp3) is 0.400. The second-order valence-corrected chi connectivity index (χ2v) is 5.56. The molecule has 1 aliphatic rings. The van der Waals surface area contributed by atoms with Crippen LogP contribution in [0.2, 0.25) is 5.02 Å². The molecule has 0 spiro atoms. The highest BCUT2D eigenvalue weighted by molar-refractivity contribution is 6.30. The van der Waals surface area contributed by atoms with Crippen molar-refractivity contribution >= 4 is 35.1 Å². The highest BCUT2D eigenvalue weighted by Gasteiger charge is 2.37. The van der Waals surface area contributed by atoms with Crippen molar-refractivity contribution < 1.29 is 19.5 Å². The lowest BCUT2D eigenvalue weighted by molar-refractivity contribution is -0.146. The first-order valence-corrected chi connectivity index (χ1v) is 7.36. The summed E-state index contributed by atoms with van der Waals surface area (Å²) >= 11 is 5.82. The number of hydrogen-bond donors (Lipinski definition) is 1. The number of rotatable bonds is 5. The third-order valence-corrected chi connectivity index (χ3v) is 3.88. The number of halogens is 1. The van der Waals surface area contributed by atoms with Crippen LogP contribution in [0, 0.1) is 5.92 Å². The number of carbonyl (C=O) groups is 3. The standard InChI is InChI=1S/C15H17ClN2O4/c1-2-17(9-14(20)21)15(22)10-7-13(19)18(8-10)12-5-3-11(16)4-6-12/h3-6,10H,2,7-9H2,1H3,(H,20,21). The molecule has 1 aromatic rings. The summed E-state index contributed by atoms with van der Waals surface area (Å²) in [5, 5.41) is 9.40. The zero-order valence-electron chi connectivity index (χ0n) is 12.2. The second kappa shape index (κ2) is 6.79. The number of aliphatic carboxylic acids is 1. The third-order valence-electron chi connectivity index (χ3n) is 3.63. The topological polar surface area (TPSA) is 77.9 Å². The molecule has 2 amide bonds. The number of nitrogens with zero attached hydrogens (tertiary/aromatic N) is 2. The van der Waals surface area contributed by atoms with Crippen LogP contribution in [0.3, 0.4) is 0 Å². The van der Waals surface area contributed by atoms with E-state index >= 15 is 0 Å². The van der Waals surface area contributed by atoms with E-state index in [-0.39, 0.29) is 31.3 Å². The molecule has 0 bridgehead atoms. The van der Waals surface area contributed by atoms with Crippen molar-refractivity contribution in [3.63, 3.8) is 0 Å². The smallest absolute Gasteiger partial charge is 0.323 e. The summed E-state index contributed by atoms with van der Waals surface area (Å²) < 4.78 is 0. The van der Waals surface area contributed by atoms with Crippen LogP contribution < -0.4 is 4.90 Å². The maximum absolute atomic E-state index is 12.4. The van der Waals surface area contributed by atoms with Gasteiger partial charge in [-0.25, -0.2) is 0 Å². The van der Waals surface area contributed by atoms with E-state index < -0.39 is 11.9 Å². The summed E-state index contributed by atoms with van der Waals surface area (Å²) in [6.45, 7) is 1.93. The highest BCUT2D eigenvalue weighted by atomic mass is 35.5. The van der Waals surface area contributed by atoms with Gasteiger partial charge in [0.15, 0.2) is 0 Å². The molecule has 2 rings (SSSR count). The predicted molar refractivity (Wildman–Crippen MR) is 81.8 cm³/mol. The van der Waals surface area contributed by atoms with Crippen molar-refractivity contribution in [3.05, 3.63) is 29.3 Å².